The van der Waals surface area contributed by atoms with Crippen LogP contribution in [0.5, 0.6) is 0 Å². The van der Waals surface area contributed by atoms with E-state index in [9.17, 15) is 0 Å². The lowest BCUT2D eigenvalue weighted by molar-refractivity contribution is 0.750. The summed E-state index contributed by atoms with van der Waals surface area (Å²) in [4.78, 5) is 4.41. The molecule has 1 fully saturated rings. The maximum atomic E-state index is 4.41. The molecule has 1 saturated carbocycles. The molecule has 184 valence electrons. The van der Waals surface area contributed by atoms with Gasteiger partial charge in [0.05, 0.1) is 3.74 Å². The zero-order chi connectivity index (χ0) is 25.3. The molecule has 5 heteroatoms. The Hall–Kier alpha value is -2.37. The van der Waals surface area contributed by atoms with Crippen molar-refractivity contribution in [3.05, 3.63) is 115 Å². The molecule has 1 heterocycles. The van der Waals surface area contributed by atoms with Crippen LogP contribution in [-0.4, -0.2) is 20.0 Å². The third-order valence-electron chi connectivity index (χ3n) is 6.22. The minimum absolute atomic E-state index is 0.321. The smallest absolute Gasteiger partial charge is 0.233 e. The first-order valence-corrected chi connectivity index (χ1v) is 14.5. The van der Waals surface area contributed by atoms with E-state index in [0.29, 0.717) is 22.4 Å². The Morgan fingerprint density at radius 2 is 1.50 bits per heavy atom. The molecule has 4 aromatic rings. The molecule has 0 spiro atoms. The van der Waals surface area contributed by atoms with E-state index < -0.39 is 0 Å². The van der Waals surface area contributed by atoms with Crippen molar-refractivity contribution in [1.82, 2.24) is 9.55 Å². The SMILES string of the molecule is CC(C)C=CB(c1ccccc1)c1ccc(CC(Br)Br)cc1.c1ccc(-c2nccn2C2CC2)cc1. The van der Waals surface area contributed by atoms with Gasteiger partial charge in [-0.2, -0.15) is 0 Å². The lowest BCUT2D eigenvalue weighted by atomic mass is 9.40. The van der Waals surface area contributed by atoms with E-state index in [1.807, 2.05) is 12.3 Å². The minimum Gasteiger partial charge on any atom is -0.328 e. The van der Waals surface area contributed by atoms with E-state index in [1.54, 1.807) is 0 Å². The van der Waals surface area contributed by atoms with Gasteiger partial charge in [-0.3, -0.25) is 0 Å². The molecule has 0 N–H and O–H groups in total. The second-order valence-corrected chi connectivity index (χ2v) is 13.0. The summed E-state index contributed by atoms with van der Waals surface area (Å²) in [5, 5.41) is 0. The maximum absolute atomic E-state index is 4.41. The number of hydrogen-bond donors (Lipinski definition) is 0. The maximum Gasteiger partial charge on any atom is 0.233 e. The number of halogens is 2. The Kier molecular flexibility index (Phi) is 9.83. The number of allylic oxidation sites excluding steroid dienone is 1. The number of imidazole rings is 1. The van der Waals surface area contributed by atoms with Gasteiger partial charge < -0.3 is 4.57 Å². The van der Waals surface area contributed by atoms with Crippen molar-refractivity contribution in [2.45, 2.75) is 42.9 Å². The van der Waals surface area contributed by atoms with Crippen molar-refractivity contribution < 1.29 is 0 Å². The van der Waals surface area contributed by atoms with Crippen LogP contribution in [0.15, 0.2) is 109 Å². The molecule has 5 rings (SSSR count). The summed E-state index contributed by atoms with van der Waals surface area (Å²) in [6.07, 6.45) is 9.85. The number of hydrogen-bond acceptors (Lipinski definition) is 1. The van der Waals surface area contributed by atoms with Gasteiger partial charge in [0.15, 0.2) is 0 Å². The standard InChI is InChI=1S/C19H21BBr2.C12H12N2/c1-15(2)12-13-20(17-6-4-3-5-7-17)18-10-8-16(9-11-18)14-19(21)22;1-2-4-10(5-3-1)12-13-8-9-14(12)11-6-7-11/h3-13,15,19H,14H2,1-2H3;1-5,8-9,11H,6-7H2. The van der Waals surface area contributed by atoms with Crippen LogP contribution in [0.25, 0.3) is 11.4 Å². The van der Waals surface area contributed by atoms with E-state index in [2.05, 4.69) is 152 Å². The molecule has 0 radical (unpaired) electrons. The highest BCUT2D eigenvalue weighted by Crippen LogP contribution is 2.37. The second-order valence-electron chi connectivity index (χ2n) is 9.61. The zero-order valence-corrected chi connectivity index (χ0v) is 24.1. The summed E-state index contributed by atoms with van der Waals surface area (Å²) in [7, 11) is 0. The van der Waals surface area contributed by atoms with Crippen LogP contribution in [0.2, 0.25) is 0 Å². The van der Waals surface area contributed by atoms with Crippen molar-refractivity contribution in [3.63, 3.8) is 0 Å². The number of nitrogens with zero attached hydrogens (tertiary/aromatic N) is 2. The Morgan fingerprint density at radius 3 is 2.08 bits per heavy atom. The number of benzene rings is 3. The molecular weight excluding hydrogens is 571 g/mol. The Bertz CT molecular complexity index is 1210. The molecule has 0 amide bonds. The monoisotopic (exact) mass is 602 g/mol. The summed E-state index contributed by atoms with van der Waals surface area (Å²) in [6, 6.07) is 30.7. The first kappa shape index (κ1) is 26.7. The molecule has 36 heavy (non-hydrogen) atoms. The van der Waals surface area contributed by atoms with E-state index >= 15 is 0 Å². The van der Waals surface area contributed by atoms with Crippen molar-refractivity contribution in [1.29, 1.82) is 0 Å². The van der Waals surface area contributed by atoms with Crippen LogP contribution in [0, 0.1) is 5.92 Å². The zero-order valence-electron chi connectivity index (χ0n) is 21.0. The molecule has 2 nitrogen and oxygen atoms in total. The lowest BCUT2D eigenvalue weighted by Gasteiger charge is -2.12. The highest BCUT2D eigenvalue weighted by Gasteiger charge is 2.25. The molecule has 0 bridgehead atoms. The van der Waals surface area contributed by atoms with Crippen LogP contribution < -0.4 is 10.9 Å². The van der Waals surface area contributed by atoms with Crippen LogP contribution in [0.4, 0.5) is 0 Å². The molecule has 1 aromatic heterocycles. The molecule has 0 aliphatic heterocycles. The summed E-state index contributed by atoms with van der Waals surface area (Å²) >= 11 is 7.08. The second kappa shape index (κ2) is 13.3. The Balaban J connectivity index is 0.000000185. The third-order valence-corrected chi connectivity index (χ3v) is 6.86. The minimum atomic E-state index is 0.321. The van der Waals surface area contributed by atoms with Gasteiger partial charge in [-0.25, -0.2) is 4.98 Å². The summed E-state index contributed by atoms with van der Waals surface area (Å²) in [5.41, 5.74) is 5.23. The van der Waals surface area contributed by atoms with Gasteiger partial charge in [-0.05, 0) is 30.7 Å². The average molecular weight is 604 g/mol. The lowest BCUT2D eigenvalue weighted by Crippen LogP contribution is -2.40. The Labute approximate surface area is 233 Å². The predicted molar refractivity (Wildman–Crippen MR) is 163 cm³/mol. The number of rotatable bonds is 8. The molecule has 0 atom stereocenters. The van der Waals surface area contributed by atoms with Crippen LogP contribution in [0.3, 0.4) is 0 Å². The predicted octanol–water partition coefficient (Wildman–Crippen LogP) is 7.59. The fourth-order valence-electron chi connectivity index (χ4n) is 4.22. The topological polar surface area (TPSA) is 17.8 Å². The molecule has 1 aliphatic carbocycles. The Morgan fingerprint density at radius 1 is 0.889 bits per heavy atom. The van der Waals surface area contributed by atoms with Crippen molar-refractivity contribution in [3.8, 4) is 11.4 Å². The van der Waals surface area contributed by atoms with E-state index in [-0.39, 0.29) is 0 Å². The molecule has 0 unspecified atom stereocenters. The molecule has 3 aromatic carbocycles. The van der Waals surface area contributed by atoms with Gasteiger partial charge in [0.1, 0.15) is 5.82 Å². The first-order chi connectivity index (χ1) is 17.5. The van der Waals surface area contributed by atoms with Crippen molar-refractivity contribution >= 4 is 49.5 Å². The first-order valence-electron chi connectivity index (χ1n) is 12.7. The highest BCUT2D eigenvalue weighted by atomic mass is 79.9. The van der Waals surface area contributed by atoms with E-state index in [4.69, 9.17) is 0 Å². The van der Waals surface area contributed by atoms with Gasteiger partial charge in [0.2, 0.25) is 6.71 Å². The van der Waals surface area contributed by atoms with Gasteiger partial charge in [-0.1, -0.05) is 148 Å². The molecule has 0 saturated heterocycles. The van der Waals surface area contributed by atoms with Gasteiger partial charge in [-0.15, -0.1) is 5.98 Å². The van der Waals surface area contributed by atoms with Gasteiger partial charge in [0, 0.05) is 24.0 Å². The highest BCUT2D eigenvalue weighted by molar-refractivity contribution is 9.24. The fraction of sp³-hybridized carbons (Fsp3) is 0.258. The molecule has 1 aliphatic rings. The fourth-order valence-corrected chi connectivity index (χ4v) is 4.97. The van der Waals surface area contributed by atoms with E-state index in [0.717, 1.165) is 12.2 Å². The van der Waals surface area contributed by atoms with Gasteiger partial charge >= 0.3 is 0 Å². The van der Waals surface area contributed by atoms with E-state index in [1.165, 1.54) is 34.9 Å². The third kappa shape index (κ3) is 7.82. The van der Waals surface area contributed by atoms with Crippen molar-refractivity contribution in [2.24, 2.45) is 5.92 Å². The normalized spacial score (nSPS) is 13.2. The average Bonchev–Trinajstić information content (AvgIpc) is 3.62. The van der Waals surface area contributed by atoms with Crippen LogP contribution in [-0.2, 0) is 6.42 Å². The number of alkyl halides is 2. The van der Waals surface area contributed by atoms with Crippen LogP contribution in [0.1, 0.15) is 38.3 Å². The number of aromatic nitrogens is 2. The van der Waals surface area contributed by atoms with Gasteiger partial charge in [0.25, 0.3) is 0 Å². The largest absolute Gasteiger partial charge is 0.328 e. The summed E-state index contributed by atoms with van der Waals surface area (Å²) in [6.45, 7) is 4.75. The quantitative estimate of drug-likeness (QED) is 0.150. The van der Waals surface area contributed by atoms with Crippen LogP contribution >= 0.6 is 31.9 Å². The summed E-state index contributed by atoms with van der Waals surface area (Å²) < 4.78 is 2.62. The summed E-state index contributed by atoms with van der Waals surface area (Å²) in [5.74, 6) is 3.99. The molecular formula is C31H33BBr2N2. The van der Waals surface area contributed by atoms with Crippen molar-refractivity contribution in [2.75, 3.05) is 0 Å².